The molecule has 0 aliphatic heterocycles. The Bertz CT molecular complexity index is 743. The minimum absolute atomic E-state index is 0.0515. The molecule has 1 heterocycles. The lowest BCUT2D eigenvalue weighted by Crippen LogP contribution is -2.02. The monoisotopic (exact) mass is 354 g/mol. The SMILES string of the molecule is Cn1cncc1COc1cc(Cl)c(S(=O)(=O)Cl)cc1Cl. The number of aromatic nitrogens is 2. The molecule has 108 valence electrons. The quantitative estimate of drug-likeness (QED) is 0.790. The summed E-state index contributed by atoms with van der Waals surface area (Å²) >= 11 is 11.8. The molecule has 0 saturated carbocycles. The van der Waals surface area contributed by atoms with E-state index >= 15 is 0 Å². The molecule has 9 heteroatoms. The number of ether oxygens (including phenoxy) is 1. The zero-order valence-corrected chi connectivity index (χ0v) is 13.3. The number of aryl methyl sites for hydroxylation is 1. The van der Waals surface area contributed by atoms with Crippen LogP contribution >= 0.6 is 33.9 Å². The molecule has 0 spiro atoms. The molecule has 0 aliphatic carbocycles. The largest absolute Gasteiger partial charge is 0.486 e. The van der Waals surface area contributed by atoms with Crippen LogP contribution in [0.5, 0.6) is 5.75 Å². The topological polar surface area (TPSA) is 61.2 Å². The van der Waals surface area contributed by atoms with E-state index in [1.54, 1.807) is 17.1 Å². The van der Waals surface area contributed by atoms with Crippen molar-refractivity contribution in [1.29, 1.82) is 0 Å². The minimum atomic E-state index is -3.95. The first-order valence-electron chi connectivity index (χ1n) is 5.30. The van der Waals surface area contributed by atoms with Gasteiger partial charge >= 0.3 is 0 Å². The van der Waals surface area contributed by atoms with Crippen LogP contribution in [0.1, 0.15) is 5.69 Å². The molecule has 0 aliphatic rings. The van der Waals surface area contributed by atoms with E-state index in [4.69, 9.17) is 38.6 Å². The first-order valence-corrected chi connectivity index (χ1v) is 8.37. The molecule has 2 rings (SSSR count). The first kappa shape index (κ1) is 15.4. The molecular formula is C11H9Cl3N2O3S. The molecule has 1 aromatic carbocycles. The van der Waals surface area contributed by atoms with Crippen LogP contribution in [0.3, 0.4) is 0 Å². The van der Waals surface area contributed by atoms with Gasteiger partial charge in [0.05, 0.1) is 28.3 Å². The Hall–Kier alpha value is -0.950. The summed E-state index contributed by atoms with van der Waals surface area (Å²) in [6.45, 7) is 0.222. The zero-order valence-electron chi connectivity index (χ0n) is 10.2. The van der Waals surface area contributed by atoms with Crippen LogP contribution < -0.4 is 4.74 Å². The predicted octanol–water partition coefficient (Wildman–Crippen LogP) is 3.23. The highest BCUT2D eigenvalue weighted by atomic mass is 35.7. The molecule has 1 aromatic heterocycles. The molecule has 0 N–H and O–H groups in total. The zero-order chi connectivity index (χ0) is 14.9. The van der Waals surface area contributed by atoms with Crippen molar-refractivity contribution in [3.8, 4) is 5.75 Å². The van der Waals surface area contributed by atoms with Crippen molar-refractivity contribution in [2.24, 2.45) is 7.05 Å². The van der Waals surface area contributed by atoms with Crippen LogP contribution in [0, 0.1) is 0 Å². The Morgan fingerprint density at radius 1 is 1.30 bits per heavy atom. The molecule has 0 atom stereocenters. The lowest BCUT2D eigenvalue weighted by Gasteiger charge is -2.10. The Morgan fingerprint density at radius 3 is 2.55 bits per heavy atom. The van der Waals surface area contributed by atoms with E-state index in [0.717, 1.165) is 11.8 Å². The summed E-state index contributed by atoms with van der Waals surface area (Å²) in [4.78, 5) is 3.70. The Labute approximate surface area is 130 Å². The third-order valence-corrected chi connectivity index (χ3v) is 4.62. The second-order valence-corrected chi connectivity index (χ2v) is 7.28. The normalized spacial score (nSPS) is 11.6. The van der Waals surface area contributed by atoms with Crippen LogP contribution in [0.15, 0.2) is 29.6 Å². The summed E-state index contributed by atoms with van der Waals surface area (Å²) in [5, 5.41) is 0.0557. The van der Waals surface area contributed by atoms with Crippen LogP contribution in [-0.4, -0.2) is 18.0 Å². The maximum absolute atomic E-state index is 11.3. The smallest absolute Gasteiger partial charge is 0.262 e. The van der Waals surface area contributed by atoms with Gasteiger partial charge in [-0.25, -0.2) is 13.4 Å². The van der Waals surface area contributed by atoms with Gasteiger partial charge < -0.3 is 9.30 Å². The minimum Gasteiger partial charge on any atom is -0.486 e. The van der Waals surface area contributed by atoms with Crippen molar-refractivity contribution in [2.75, 3.05) is 0 Å². The number of benzene rings is 1. The molecule has 0 radical (unpaired) electrons. The molecule has 0 bridgehead atoms. The Morgan fingerprint density at radius 2 is 2.00 bits per heavy atom. The third kappa shape index (κ3) is 3.38. The van der Waals surface area contributed by atoms with Gasteiger partial charge in [-0.3, -0.25) is 0 Å². The maximum Gasteiger partial charge on any atom is 0.262 e. The maximum atomic E-state index is 11.3. The van der Waals surface area contributed by atoms with Gasteiger partial charge in [-0.15, -0.1) is 0 Å². The van der Waals surface area contributed by atoms with E-state index in [-0.39, 0.29) is 27.3 Å². The van der Waals surface area contributed by atoms with Crippen LogP contribution in [-0.2, 0) is 22.7 Å². The lowest BCUT2D eigenvalue weighted by molar-refractivity contribution is 0.297. The molecule has 2 aromatic rings. The molecule has 5 nitrogen and oxygen atoms in total. The average molecular weight is 356 g/mol. The summed E-state index contributed by atoms with van der Waals surface area (Å²) in [6.07, 6.45) is 3.28. The summed E-state index contributed by atoms with van der Waals surface area (Å²) in [5.41, 5.74) is 0.825. The van der Waals surface area contributed by atoms with Gasteiger partial charge in [0.2, 0.25) is 0 Å². The van der Waals surface area contributed by atoms with Crippen molar-refractivity contribution in [3.05, 3.63) is 40.4 Å². The summed E-state index contributed by atoms with van der Waals surface area (Å²) in [5.74, 6) is 0.266. The fourth-order valence-electron chi connectivity index (χ4n) is 1.48. The van der Waals surface area contributed by atoms with E-state index in [1.807, 2.05) is 7.05 Å². The summed E-state index contributed by atoms with van der Waals surface area (Å²) in [6, 6.07) is 2.47. The third-order valence-electron chi connectivity index (χ3n) is 2.54. The van der Waals surface area contributed by atoms with E-state index in [1.165, 1.54) is 6.07 Å². The summed E-state index contributed by atoms with van der Waals surface area (Å²) < 4.78 is 29.8. The molecule has 0 unspecified atom stereocenters. The molecular weight excluding hydrogens is 347 g/mol. The number of hydrogen-bond acceptors (Lipinski definition) is 4. The van der Waals surface area contributed by atoms with Crippen LogP contribution in [0.4, 0.5) is 0 Å². The first-order chi connectivity index (χ1) is 9.29. The highest BCUT2D eigenvalue weighted by molar-refractivity contribution is 8.13. The number of imidazole rings is 1. The van der Waals surface area contributed by atoms with E-state index in [2.05, 4.69) is 4.98 Å². The average Bonchev–Trinajstić information content (AvgIpc) is 2.74. The van der Waals surface area contributed by atoms with E-state index in [9.17, 15) is 8.42 Å². The Kier molecular flexibility index (Phi) is 4.49. The predicted molar refractivity (Wildman–Crippen MR) is 77.0 cm³/mol. The van der Waals surface area contributed by atoms with Gasteiger partial charge in [-0.2, -0.15) is 0 Å². The Balaban J connectivity index is 2.26. The highest BCUT2D eigenvalue weighted by Crippen LogP contribution is 2.35. The van der Waals surface area contributed by atoms with Crippen LogP contribution in [0.2, 0.25) is 10.0 Å². The van der Waals surface area contributed by atoms with Gasteiger partial charge in [0.25, 0.3) is 9.05 Å². The number of rotatable bonds is 4. The molecule has 0 amide bonds. The standard InChI is InChI=1S/C11H9Cl3N2O3S/c1-16-6-15-4-7(16)5-19-10-2-9(13)11(3-8(10)12)20(14,17)18/h2-4,6H,5H2,1H3. The van der Waals surface area contributed by atoms with Gasteiger partial charge in [-0.05, 0) is 6.07 Å². The fraction of sp³-hybridized carbons (Fsp3) is 0.182. The summed E-state index contributed by atoms with van der Waals surface area (Å²) in [7, 11) is 3.12. The number of hydrogen-bond donors (Lipinski definition) is 0. The van der Waals surface area contributed by atoms with E-state index < -0.39 is 9.05 Å². The molecule has 0 saturated heterocycles. The van der Waals surface area contributed by atoms with Gasteiger partial charge in [0.15, 0.2) is 0 Å². The van der Waals surface area contributed by atoms with Crippen molar-refractivity contribution in [3.63, 3.8) is 0 Å². The van der Waals surface area contributed by atoms with Gasteiger partial charge in [0, 0.05) is 23.8 Å². The fourth-order valence-corrected chi connectivity index (χ4v) is 3.28. The molecule has 20 heavy (non-hydrogen) atoms. The van der Waals surface area contributed by atoms with Crippen LogP contribution in [0.25, 0.3) is 0 Å². The van der Waals surface area contributed by atoms with Gasteiger partial charge in [-0.1, -0.05) is 23.2 Å². The molecule has 0 fully saturated rings. The van der Waals surface area contributed by atoms with Crippen molar-refractivity contribution < 1.29 is 13.2 Å². The second-order valence-electron chi connectivity index (χ2n) is 3.94. The van der Waals surface area contributed by atoms with Crippen molar-refractivity contribution in [2.45, 2.75) is 11.5 Å². The highest BCUT2D eigenvalue weighted by Gasteiger charge is 2.18. The lowest BCUT2D eigenvalue weighted by atomic mass is 10.3. The number of nitrogens with zero attached hydrogens (tertiary/aromatic N) is 2. The second kappa shape index (κ2) is 5.81. The van der Waals surface area contributed by atoms with Crippen molar-refractivity contribution >= 4 is 42.9 Å². The van der Waals surface area contributed by atoms with Crippen molar-refractivity contribution in [1.82, 2.24) is 9.55 Å². The van der Waals surface area contributed by atoms with Gasteiger partial charge in [0.1, 0.15) is 17.3 Å². The van der Waals surface area contributed by atoms with E-state index in [0.29, 0.717) is 0 Å². The number of halogens is 3.